The molecule has 1 aromatic carbocycles. The summed E-state index contributed by atoms with van der Waals surface area (Å²) in [5.41, 5.74) is 3.49. The second kappa shape index (κ2) is 4.22. The first-order valence-corrected chi connectivity index (χ1v) is 7.00. The van der Waals surface area contributed by atoms with Crippen molar-refractivity contribution in [1.82, 2.24) is 9.78 Å². The van der Waals surface area contributed by atoms with Crippen LogP contribution in [0.1, 0.15) is 16.8 Å². The monoisotopic (exact) mass is 265 g/mol. The molecule has 2 aromatic rings. The lowest BCUT2D eigenvalue weighted by atomic mass is 10.1. The maximum Gasteiger partial charge on any atom is 0.241 e. The lowest BCUT2D eigenvalue weighted by Crippen LogP contribution is -2.13. The largest absolute Gasteiger partial charge is 0.241 e. The quantitative estimate of drug-likeness (QED) is 0.892. The minimum absolute atomic E-state index is 0.0587. The van der Waals surface area contributed by atoms with Crippen molar-refractivity contribution in [2.24, 2.45) is 5.14 Å². The van der Waals surface area contributed by atoms with Crippen molar-refractivity contribution in [3.8, 4) is 5.69 Å². The average Bonchev–Trinajstić information content (AvgIpc) is 2.63. The molecule has 5 nitrogen and oxygen atoms in total. The fourth-order valence-corrected chi connectivity index (χ4v) is 2.56. The van der Waals surface area contributed by atoms with Crippen LogP contribution in [0, 0.1) is 20.8 Å². The molecule has 1 aromatic heterocycles. The molecule has 0 atom stereocenters. The Labute approximate surface area is 106 Å². The van der Waals surface area contributed by atoms with Crippen LogP contribution in [0.5, 0.6) is 0 Å². The Morgan fingerprint density at radius 1 is 1.22 bits per heavy atom. The summed E-state index contributed by atoms with van der Waals surface area (Å²) in [6.07, 6.45) is 1.28. The zero-order chi connectivity index (χ0) is 13.5. The van der Waals surface area contributed by atoms with Crippen molar-refractivity contribution in [3.63, 3.8) is 0 Å². The van der Waals surface area contributed by atoms with Gasteiger partial charge in [-0.3, -0.25) is 0 Å². The van der Waals surface area contributed by atoms with Crippen LogP contribution >= 0.6 is 0 Å². The van der Waals surface area contributed by atoms with Crippen LogP contribution in [0.25, 0.3) is 5.69 Å². The van der Waals surface area contributed by atoms with Gasteiger partial charge in [0.05, 0.1) is 17.6 Å². The fourth-order valence-electron chi connectivity index (χ4n) is 1.86. The van der Waals surface area contributed by atoms with E-state index in [4.69, 9.17) is 5.14 Å². The van der Waals surface area contributed by atoms with Gasteiger partial charge in [-0.05, 0) is 38.0 Å². The summed E-state index contributed by atoms with van der Waals surface area (Å²) >= 11 is 0. The van der Waals surface area contributed by atoms with Gasteiger partial charge in [-0.2, -0.15) is 5.10 Å². The van der Waals surface area contributed by atoms with E-state index in [9.17, 15) is 8.42 Å². The SMILES string of the molecule is Cc1ccc(C)c(-n2ncc(S(N)(=O)=O)c2C)c1. The third-order valence-corrected chi connectivity index (χ3v) is 3.88. The number of primary sulfonamides is 1. The zero-order valence-electron chi connectivity index (χ0n) is 10.5. The van der Waals surface area contributed by atoms with Crippen molar-refractivity contribution < 1.29 is 8.42 Å². The number of aryl methyl sites for hydroxylation is 2. The normalized spacial score (nSPS) is 11.8. The van der Waals surface area contributed by atoms with Gasteiger partial charge < -0.3 is 0 Å². The number of benzene rings is 1. The molecular weight excluding hydrogens is 250 g/mol. The summed E-state index contributed by atoms with van der Waals surface area (Å²) in [5, 5.41) is 9.25. The summed E-state index contributed by atoms with van der Waals surface area (Å²) in [4.78, 5) is 0.0587. The average molecular weight is 265 g/mol. The fraction of sp³-hybridized carbons (Fsp3) is 0.250. The van der Waals surface area contributed by atoms with E-state index in [1.807, 2.05) is 32.0 Å². The first-order chi connectivity index (χ1) is 8.30. The number of rotatable bonds is 2. The van der Waals surface area contributed by atoms with Crippen molar-refractivity contribution in [2.75, 3.05) is 0 Å². The minimum atomic E-state index is -3.73. The first kappa shape index (κ1) is 12.8. The van der Waals surface area contributed by atoms with Gasteiger partial charge in [-0.1, -0.05) is 12.1 Å². The highest BCUT2D eigenvalue weighted by Crippen LogP contribution is 2.20. The van der Waals surface area contributed by atoms with Gasteiger partial charge in [0.1, 0.15) is 4.90 Å². The van der Waals surface area contributed by atoms with Gasteiger partial charge in [0.15, 0.2) is 0 Å². The lowest BCUT2D eigenvalue weighted by molar-refractivity contribution is 0.597. The van der Waals surface area contributed by atoms with E-state index < -0.39 is 10.0 Å². The van der Waals surface area contributed by atoms with Crippen LogP contribution in [-0.2, 0) is 10.0 Å². The molecule has 1 heterocycles. The summed E-state index contributed by atoms with van der Waals surface area (Å²) in [6.45, 7) is 5.61. The highest BCUT2D eigenvalue weighted by Gasteiger charge is 2.17. The molecule has 0 unspecified atom stereocenters. The summed E-state index contributed by atoms with van der Waals surface area (Å²) in [7, 11) is -3.73. The molecule has 0 amide bonds. The number of nitrogens with zero attached hydrogens (tertiary/aromatic N) is 2. The number of sulfonamides is 1. The van der Waals surface area contributed by atoms with Crippen LogP contribution in [0.2, 0.25) is 0 Å². The molecule has 2 rings (SSSR count). The highest BCUT2D eigenvalue weighted by molar-refractivity contribution is 7.89. The van der Waals surface area contributed by atoms with Gasteiger partial charge in [0.25, 0.3) is 0 Å². The number of nitrogens with two attached hydrogens (primary N) is 1. The van der Waals surface area contributed by atoms with Crippen LogP contribution in [0.15, 0.2) is 29.3 Å². The molecule has 18 heavy (non-hydrogen) atoms. The van der Waals surface area contributed by atoms with Crippen LogP contribution in [0.4, 0.5) is 0 Å². The third-order valence-electron chi connectivity index (χ3n) is 2.86. The van der Waals surface area contributed by atoms with E-state index >= 15 is 0 Å². The summed E-state index contributed by atoms with van der Waals surface area (Å²) < 4.78 is 24.3. The van der Waals surface area contributed by atoms with E-state index in [2.05, 4.69) is 5.10 Å². The molecule has 0 spiro atoms. The smallest absolute Gasteiger partial charge is 0.236 e. The molecule has 0 radical (unpaired) electrons. The Bertz CT molecular complexity index is 702. The molecule has 2 N–H and O–H groups in total. The van der Waals surface area contributed by atoms with Gasteiger partial charge in [-0.15, -0.1) is 0 Å². The zero-order valence-corrected chi connectivity index (χ0v) is 11.3. The predicted octanol–water partition coefficient (Wildman–Crippen LogP) is 1.44. The molecule has 6 heteroatoms. The van der Waals surface area contributed by atoms with Gasteiger partial charge in [0.2, 0.25) is 10.0 Å². The number of hydrogen-bond donors (Lipinski definition) is 1. The Balaban J connectivity index is 2.67. The molecular formula is C12H15N3O2S. The molecule has 0 saturated carbocycles. The van der Waals surface area contributed by atoms with E-state index in [1.54, 1.807) is 11.6 Å². The van der Waals surface area contributed by atoms with Crippen LogP contribution in [0.3, 0.4) is 0 Å². The van der Waals surface area contributed by atoms with E-state index in [0.29, 0.717) is 5.69 Å². The maximum atomic E-state index is 11.4. The standard InChI is InChI=1S/C12H15N3O2S/c1-8-4-5-9(2)11(6-8)15-10(3)12(7-14-15)18(13,16)17/h4-7H,1-3H3,(H2,13,16,17). The number of aromatic nitrogens is 2. The van der Waals surface area contributed by atoms with Crippen LogP contribution < -0.4 is 5.14 Å². The van der Waals surface area contributed by atoms with Crippen molar-refractivity contribution >= 4 is 10.0 Å². The third kappa shape index (κ3) is 2.16. The summed E-state index contributed by atoms with van der Waals surface area (Å²) in [5.74, 6) is 0. The van der Waals surface area contributed by atoms with E-state index in [0.717, 1.165) is 16.8 Å². The molecule has 0 fully saturated rings. The Hall–Kier alpha value is -1.66. The highest BCUT2D eigenvalue weighted by atomic mass is 32.2. The Kier molecular flexibility index (Phi) is 3.00. The topological polar surface area (TPSA) is 78.0 Å². The molecule has 0 saturated heterocycles. The predicted molar refractivity (Wildman–Crippen MR) is 69.1 cm³/mol. The van der Waals surface area contributed by atoms with Gasteiger partial charge >= 0.3 is 0 Å². The van der Waals surface area contributed by atoms with E-state index in [-0.39, 0.29) is 4.90 Å². The van der Waals surface area contributed by atoms with Crippen molar-refractivity contribution in [1.29, 1.82) is 0 Å². The second-order valence-electron chi connectivity index (χ2n) is 4.34. The lowest BCUT2D eigenvalue weighted by Gasteiger charge is -2.09. The number of hydrogen-bond acceptors (Lipinski definition) is 3. The van der Waals surface area contributed by atoms with E-state index in [1.165, 1.54) is 6.20 Å². The molecule has 0 aliphatic carbocycles. The molecule has 0 aliphatic heterocycles. The maximum absolute atomic E-state index is 11.4. The molecule has 96 valence electrons. The molecule has 0 aliphatic rings. The first-order valence-electron chi connectivity index (χ1n) is 5.46. The van der Waals surface area contributed by atoms with Crippen molar-refractivity contribution in [3.05, 3.63) is 41.2 Å². The Morgan fingerprint density at radius 2 is 1.89 bits per heavy atom. The molecule has 0 bridgehead atoms. The Morgan fingerprint density at radius 3 is 2.44 bits per heavy atom. The van der Waals surface area contributed by atoms with Gasteiger partial charge in [-0.25, -0.2) is 18.2 Å². The minimum Gasteiger partial charge on any atom is -0.236 e. The second-order valence-corrected chi connectivity index (χ2v) is 5.87. The van der Waals surface area contributed by atoms with Crippen LogP contribution in [-0.4, -0.2) is 18.2 Å². The summed E-state index contributed by atoms with van der Waals surface area (Å²) in [6, 6.07) is 5.93. The van der Waals surface area contributed by atoms with Crippen molar-refractivity contribution in [2.45, 2.75) is 25.7 Å². The van der Waals surface area contributed by atoms with Gasteiger partial charge in [0, 0.05) is 0 Å².